The van der Waals surface area contributed by atoms with Crippen LogP contribution in [0.1, 0.15) is 0 Å². The van der Waals surface area contributed by atoms with Crippen LogP contribution in [-0.4, -0.2) is 0 Å². The minimum Gasteiger partial charge on any atom is -0.356 e. The molecule has 20 aromatic rings. The first-order chi connectivity index (χ1) is 53.0. The van der Waals surface area contributed by atoms with Crippen molar-refractivity contribution < 1.29 is 0 Å². The first kappa shape index (κ1) is 65.6. The van der Waals surface area contributed by atoms with Crippen molar-refractivity contribution in [1.29, 1.82) is 0 Å². The molecule has 0 unspecified atom stereocenters. The number of hydrogen-bond acceptors (Lipinski definition) is 2. The van der Waals surface area contributed by atoms with Gasteiger partial charge in [-0.15, -0.1) is 0 Å². The lowest BCUT2D eigenvalue weighted by atomic mass is 9.93. The maximum absolute atomic E-state index is 3.59. The molecule has 1 N–H and O–H groups in total. The van der Waals surface area contributed by atoms with Crippen molar-refractivity contribution in [3.63, 3.8) is 0 Å². The molecule has 0 saturated heterocycles. The number of rotatable bonds is 11. The second-order valence-electron chi connectivity index (χ2n) is 27.3. The van der Waals surface area contributed by atoms with Gasteiger partial charge in [0.15, 0.2) is 0 Å². The molecule has 0 aliphatic carbocycles. The summed E-state index contributed by atoms with van der Waals surface area (Å²) < 4.78 is 1.12. The summed E-state index contributed by atoms with van der Waals surface area (Å²) in [6.07, 6.45) is 0. The van der Waals surface area contributed by atoms with E-state index in [0.717, 1.165) is 32.9 Å². The maximum Gasteiger partial charge on any atom is 0.0462 e. The molecule has 0 bridgehead atoms. The Balaban J connectivity index is 0.000000132. The molecule has 0 aliphatic rings. The summed E-state index contributed by atoms with van der Waals surface area (Å²) >= 11 is 3.42. The Bertz CT molecular complexity index is 6270. The molecule has 504 valence electrons. The number of benzene rings is 20. The molecule has 0 atom stereocenters. The molecule has 0 saturated carbocycles. The van der Waals surface area contributed by atoms with Gasteiger partial charge in [-0.25, -0.2) is 0 Å². The highest BCUT2D eigenvalue weighted by molar-refractivity contribution is 9.10. The highest BCUT2D eigenvalue weighted by Gasteiger charge is 2.18. The Morgan fingerprint density at radius 1 is 0.168 bits per heavy atom. The Morgan fingerprint density at radius 3 is 0.654 bits per heavy atom. The number of hydrogen-bond donors (Lipinski definition) is 1. The van der Waals surface area contributed by atoms with Gasteiger partial charge in [0.1, 0.15) is 0 Å². The zero-order valence-corrected chi connectivity index (χ0v) is 60.3. The number of fused-ring (bicyclic) bond motifs is 12. The Kier molecular flexibility index (Phi) is 18.0. The van der Waals surface area contributed by atoms with Gasteiger partial charge < -0.3 is 10.2 Å². The molecule has 20 aromatic carbocycles. The van der Waals surface area contributed by atoms with Crippen molar-refractivity contribution in [1.82, 2.24) is 0 Å². The van der Waals surface area contributed by atoms with Gasteiger partial charge in [0.05, 0.1) is 0 Å². The monoisotopic (exact) mass is 1430 g/mol. The van der Waals surface area contributed by atoms with Crippen LogP contribution in [0, 0.1) is 0 Å². The largest absolute Gasteiger partial charge is 0.356 e. The molecule has 107 heavy (non-hydrogen) atoms. The smallest absolute Gasteiger partial charge is 0.0462 e. The fourth-order valence-corrected chi connectivity index (χ4v) is 15.8. The molecule has 0 radical (unpaired) electrons. The third-order valence-corrected chi connectivity index (χ3v) is 21.3. The van der Waals surface area contributed by atoms with E-state index in [1.807, 2.05) is 6.07 Å². The molecular formula is C104H71BrN2. The molecule has 0 amide bonds. The molecule has 0 spiro atoms. The summed E-state index contributed by atoms with van der Waals surface area (Å²) in [6, 6.07) is 153. The van der Waals surface area contributed by atoms with E-state index in [9.17, 15) is 0 Å². The highest BCUT2D eigenvalue weighted by atomic mass is 79.9. The van der Waals surface area contributed by atoms with Crippen LogP contribution >= 0.6 is 15.9 Å². The number of nitrogens with zero attached hydrogens (tertiary/aromatic N) is 1. The SMILES string of the molecule is Brc1ccc(-c2ccccc2)cc1.c1ccc(-c2ccc(N(c3ccc(-c4cc5ccccc5c5ccccc45)cc3)c3ccc(-c4cc5ccccc5c5ccccc45)cc3)cc2)cc1.c1ccc2c(c1)cc(-c1ccc(Nc3ccc(-c4cc5ccccc5c5ccccc45)cc3)cc1)c1ccccc12. The second-order valence-corrected chi connectivity index (χ2v) is 28.2. The molecule has 2 nitrogen and oxygen atoms in total. The summed E-state index contributed by atoms with van der Waals surface area (Å²) in [6.45, 7) is 0. The molecule has 3 heteroatoms. The Labute approximate surface area is 632 Å². The van der Waals surface area contributed by atoms with E-state index in [4.69, 9.17) is 0 Å². The summed E-state index contributed by atoms with van der Waals surface area (Å²) in [5, 5.41) is 24.0. The van der Waals surface area contributed by atoms with Gasteiger partial charge in [-0.3, -0.25) is 0 Å². The van der Waals surface area contributed by atoms with Crippen molar-refractivity contribution in [3.8, 4) is 66.8 Å². The first-order valence-corrected chi connectivity index (χ1v) is 37.3. The van der Waals surface area contributed by atoms with E-state index < -0.39 is 0 Å². The third-order valence-electron chi connectivity index (χ3n) is 20.8. The van der Waals surface area contributed by atoms with Crippen LogP contribution in [0.5, 0.6) is 0 Å². The van der Waals surface area contributed by atoms with Crippen molar-refractivity contribution >= 4 is 131 Å². The van der Waals surface area contributed by atoms with Gasteiger partial charge >= 0.3 is 0 Å². The predicted octanol–water partition coefficient (Wildman–Crippen LogP) is 30.3. The highest BCUT2D eigenvalue weighted by Crippen LogP contribution is 2.44. The number of nitrogens with one attached hydrogen (secondary N) is 1. The molecular weight excluding hydrogens is 1360 g/mol. The Hall–Kier alpha value is -13.4. The molecule has 0 heterocycles. The van der Waals surface area contributed by atoms with Gasteiger partial charge in [-0.05, 0) is 250 Å². The van der Waals surface area contributed by atoms with Crippen LogP contribution in [0.3, 0.4) is 0 Å². The van der Waals surface area contributed by atoms with Crippen molar-refractivity contribution in [2.75, 3.05) is 10.2 Å². The van der Waals surface area contributed by atoms with E-state index >= 15 is 0 Å². The second kappa shape index (κ2) is 29.4. The van der Waals surface area contributed by atoms with E-state index in [0.29, 0.717) is 0 Å². The van der Waals surface area contributed by atoms with E-state index in [1.54, 1.807) is 0 Å². The molecule has 0 fully saturated rings. The van der Waals surface area contributed by atoms with Crippen LogP contribution in [0.2, 0.25) is 0 Å². The first-order valence-electron chi connectivity index (χ1n) is 36.5. The van der Waals surface area contributed by atoms with Crippen LogP contribution in [0.4, 0.5) is 28.4 Å². The zero-order valence-electron chi connectivity index (χ0n) is 58.7. The third kappa shape index (κ3) is 13.3. The number of halogens is 1. The van der Waals surface area contributed by atoms with Crippen LogP contribution in [0.25, 0.3) is 153 Å². The quantitative estimate of drug-likeness (QED) is 0.130. The normalized spacial score (nSPS) is 11.2. The molecule has 0 aromatic heterocycles. The minimum atomic E-state index is 1.07. The van der Waals surface area contributed by atoms with E-state index in [-0.39, 0.29) is 0 Å². The number of anilines is 5. The lowest BCUT2D eigenvalue weighted by Crippen LogP contribution is -2.09. The average molecular weight is 1430 g/mol. The fourth-order valence-electron chi connectivity index (χ4n) is 15.5. The van der Waals surface area contributed by atoms with Crippen molar-refractivity contribution in [3.05, 3.63) is 429 Å². The van der Waals surface area contributed by atoms with Gasteiger partial charge in [0.25, 0.3) is 0 Å². The summed E-state index contributed by atoms with van der Waals surface area (Å²) in [5.41, 5.74) is 20.3. The summed E-state index contributed by atoms with van der Waals surface area (Å²) in [5.74, 6) is 0. The minimum absolute atomic E-state index is 1.07. The lowest BCUT2D eigenvalue weighted by Gasteiger charge is -2.26. The fraction of sp³-hybridized carbons (Fsp3) is 0. The maximum atomic E-state index is 3.59. The Morgan fingerprint density at radius 2 is 0.374 bits per heavy atom. The van der Waals surface area contributed by atoms with Gasteiger partial charge in [0, 0.05) is 32.9 Å². The molecule has 0 aliphatic heterocycles. The van der Waals surface area contributed by atoms with Gasteiger partial charge in [0.2, 0.25) is 0 Å². The van der Waals surface area contributed by atoms with E-state index in [1.165, 1.54) is 153 Å². The zero-order chi connectivity index (χ0) is 71.4. The van der Waals surface area contributed by atoms with Gasteiger partial charge in [-0.2, -0.15) is 0 Å². The van der Waals surface area contributed by atoms with Crippen LogP contribution in [-0.2, 0) is 0 Å². The van der Waals surface area contributed by atoms with E-state index in [2.05, 4.69) is 445 Å². The summed E-state index contributed by atoms with van der Waals surface area (Å²) in [7, 11) is 0. The topological polar surface area (TPSA) is 15.3 Å². The standard InChI is InChI=1S/C52H35N.C40H27N.C12H9Br/c1-2-12-36(13-3-1)37-22-28-42(29-23-37)53(43-30-24-38(25-31-43)51-34-40-14-4-6-16-45(40)47-18-8-10-20-49(47)51)44-32-26-39(27-33-44)52-35-41-15-5-7-17-46(41)48-19-9-11-21-50(48)52;1-3-11-33-29(9-1)25-39(37-15-7-5-13-35(33)37)27-17-21-31(22-18-27)41-32-23-19-28(20-24-32)40-26-30-10-2-4-12-34(30)36-14-6-8-16-38(36)40;13-12-8-6-11(7-9-12)10-4-2-1-3-5-10/h1-35H;1-26,41H;1-9H. The van der Waals surface area contributed by atoms with Crippen molar-refractivity contribution in [2.45, 2.75) is 0 Å². The summed E-state index contributed by atoms with van der Waals surface area (Å²) in [4.78, 5) is 2.36. The predicted molar refractivity (Wildman–Crippen MR) is 464 cm³/mol. The molecule has 20 rings (SSSR count). The lowest BCUT2D eigenvalue weighted by molar-refractivity contribution is 1.28. The van der Waals surface area contributed by atoms with Crippen LogP contribution in [0.15, 0.2) is 429 Å². The van der Waals surface area contributed by atoms with Gasteiger partial charge in [-0.1, -0.05) is 344 Å². The average Bonchev–Trinajstić information content (AvgIpc) is 0.777. The van der Waals surface area contributed by atoms with Crippen LogP contribution < -0.4 is 10.2 Å². The van der Waals surface area contributed by atoms with Crippen molar-refractivity contribution in [2.24, 2.45) is 0 Å².